The fraction of sp³-hybridized carbons (Fsp3) is 0.680. The number of unbranched alkanes of at least 4 members (excludes halogenated alkanes) is 2. The Balaban J connectivity index is 1.49. The fourth-order valence-electron chi connectivity index (χ4n) is 4.30. The Morgan fingerprint density at radius 2 is 1.88 bits per heavy atom. The molecule has 1 heterocycles. The van der Waals surface area contributed by atoms with E-state index < -0.39 is 21.1 Å². The van der Waals surface area contributed by atoms with Gasteiger partial charge in [-0.05, 0) is 55.2 Å². The zero-order valence-corrected chi connectivity index (χ0v) is 20.7. The van der Waals surface area contributed by atoms with E-state index in [1.165, 1.54) is 6.07 Å². The van der Waals surface area contributed by atoms with Crippen LogP contribution in [0.2, 0.25) is 0 Å². The van der Waals surface area contributed by atoms with E-state index in [4.69, 9.17) is 4.74 Å². The van der Waals surface area contributed by atoms with Crippen molar-refractivity contribution in [3.8, 4) is 5.75 Å². The van der Waals surface area contributed by atoms with Crippen molar-refractivity contribution in [2.75, 3.05) is 18.1 Å². The van der Waals surface area contributed by atoms with Crippen molar-refractivity contribution in [3.63, 3.8) is 0 Å². The van der Waals surface area contributed by atoms with Crippen LogP contribution in [0.4, 0.5) is 4.39 Å². The first-order chi connectivity index (χ1) is 15.4. The van der Waals surface area contributed by atoms with Crippen molar-refractivity contribution in [3.05, 3.63) is 29.6 Å². The Kier molecular flexibility index (Phi) is 7.87. The molecule has 1 aromatic carbocycles. The quantitative estimate of drug-likeness (QED) is 0.376. The minimum absolute atomic E-state index is 0.0670. The predicted octanol–water partition coefficient (Wildman–Crippen LogP) is 4.31. The molecule has 184 valence electrons. The molecule has 1 unspecified atom stereocenters. The van der Waals surface area contributed by atoms with Gasteiger partial charge in [-0.25, -0.2) is 12.8 Å². The number of imide groups is 1. The number of hydrogen-bond acceptors (Lipinski definition) is 5. The summed E-state index contributed by atoms with van der Waals surface area (Å²) >= 11 is 0. The summed E-state index contributed by atoms with van der Waals surface area (Å²) in [5, 5.41) is 2.36. The second-order valence-electron chi connectivity index (χ2n) is 10.9. The lowest BCUT2D eigenvalue weighted by molar-refractivity contribution is -0.136. The van der Waals surface area contributed by atoms with Crippen LogP contribution in [0.25, 0.3) is 0 Å². The third kappa shape index (κ3) is 7.52. The van der Waals surface area contributed by atoms with Crippen LogP contribution in [-0.2, 0) is 24.8 Å². The van der Waals surface area contributed by atoms with Gasteiger partial charge in [0.1, 0.15) is 0 Å². The number of halogens is 1. The molecule has 0 aromatic heterocycles. The summed E-state index contributed by atoms with van der Waals surface area (Å²) in [7, 11) is -3.27. The topological polar surface area (TPSA) is 89.5 Å². The van der Waals surface area contributed by atoms with Crippen molar-refractivity contribution in [1.29, 1.82) is 0 Å². The van der Waals surface area contributed by atoms with Gasteiger partial charge in [0.05, 0.1) is 18.1 Å². The van der Waals surface area contributed by atoms with Gasteiger partial charge in [-0.3, -0.25) is 14.9 Å². The average molecular weight is 482 g/mol. The zero-order valence-electron chi connectivity index (χ0n) is 19.9. The lowest BCUT2D eigenvalue weighted by atomic mass is 9.92. The van der Waals surface area contributed by atoms with Crippen molar-refractivity contribution in [2.45, 2.75) is 77.6 Å². The maximum Gasteiger partial charge on any atom is 0.229 e. The molecule has 33 heavy (non-hydrogen) atoms. The molecule has 3 rings (SSSR count). The zero-order chi connectivity index (χ0) is 24.3. The molecular weight excluding hydrogens is 445 g/mol. The standard InChI is InChI=1S/C25H36FNO5S/c1-24(2,3)16-32-21-15-19(9-10-20(21)26)25(12-13-25)17-33(30,31)14-6-4-5-7-18-8-11-22(28)27-23(18)29/h9-10,15,18H,4-8,11-14,16-17H2,1-3H3,(H,27,28,29). The van der Waals surface area contributed by atoms with Crippen molar-refractivity contribution >= 4 is 21.7 Å². The molecular formula is C25H36FNO5S. The maximum absolute atomic E-state index is 14.2. The van der Waals surface area contributed by atoms with Crippen LogP contribution in [0.15, 0.2) is 18.2 Å². The largest absolute Gasteiger partial charge is 0.490 e. The fourth-order valence-corrected chi connectivity index (χ4v) is 6.39. The maximum atomic E-state index is 14.2. The van der Waals surface area contributed by atoms with Crippen LogP contribution >= 0.6 is 0 Å². The van der Waals surface area contributed by atoms with E-state index in [1.807, 2.05) is 20.8 Å². The smallest absolute Gasteiger partial charge is 0.229 e. The van der Waals surface area contributed by atoms with E-state index in [2.05, 4.69) is 5.32 Å². The van der Waals surface area contributed by atoms with Crippen LogP contribution in [0, 0.1) is 17.2 Å². The van der Waals surface area contributed by atoms with Crippen molar-refractivity contribution in [1.82, 2.24) is 5.32 Å². The van der Waals surface area contributed by atoms with Gasteiger partial charge in [0, 0.05) is 17.8 Å². The molecule has 8 heteroatoms. The third-order valence-electron chi connectivity index (χ3n) is 6.42. The molecule has 0 radical (unpaired) electrons. The highest BCUT2D eigenvalue weighted by molar-refractivity contribution is 7.91. The van der Waals surface area contributed by atoms with Gasteiger partial charge < -0.3 is 4.74 Å². The number of nitrogens with one attached hydrogen (secondary N) is 1. The van der Waals surface area contributed by atoms with E-state index in [1.54, 1.807) is 12.1 Å². The average Bonchev–Trinajstić information content (AvgIpc) is 3.47. The number of ether oxygens (including phenoxy) is 1. The summed E-state index contributed by atoms with van der Waals surface area (Å²) in [6, 6.07) is 4.72. The Morgan fingerprint density at radius 1 is 1.15 bits per heavy atom. The SMILES string of the molecule is CC(C)(C)COc1cc(C2(CS(=O)(=O)CCCCCC3CCC(=O)NC3=O)CC2)ccc1F. The highest BCUT2D eigenvalue weighted by Gasteiger charge is 2.47. The molecule has 2 fully saturated rings. The number of hydrogen-bond donors (Lipinski definition) is 1. The summed E-state index contributed by atoms with van der Waals surface area (Å²) in [4.78, 5) is 23.0. The highest BCUT2D eigenvalue weighted by Crippen LogP contribution is 2.50. The van der Waals surface area contributed by atoms with E-state index in [0.717, 1.165) is 31.2 Å². The van der Waals surface area contributed by atoms with E-state index in [-0.39, 0.29) is 40.4 Å². The summed E-state index contributed by atoms with van der Waals surface area (Å²) in [5.41, 5.74) is 0.273. The highest BCUT2D eigenvalue weighted by atomic mass is 32.2. The molecule has 1 saturated heterocycles. The predicted molar refractivity (Wildman–Crippen MR) is 125 cm³/mol. The van der Waals surface area contributed by atoms with Gasteiger partial charge in [-0.1, -0.05) is 39.7 Å². The van der Waals surface area contributed by atoms with Gasteiger partial charge in [0.2, 0.25) is 11.8 Å². The van der Waals surface area contributed by atoms with Gasteiger partial charge in [0.25, 0.3) is 0 Å². The molecule has 2 aliphatic rings. The second-order valence-corrected chi connectivity index (χ2v) is 13.0. The lowest BCUT2D eigenvalue weighted by Gasteiger charge is -2.21. The lowest BCUT2D eigenvalue weighted by Crippen LogP contribution is -2.40. The number of benzene rings is 1. The molecule has 1 N–H and O–H groups in total. The molecule has 1 atom stereocenters. The number of piperidine rings is 1. The molecule has 1 aliphatic heterocycles. The Hall–Kier alpha value is -1.96. The van der Waals surface area contributed by atoms with Gasteiger partial charge >= 0.3 is 0 Å². The number of amides is 2. The number of sulfone groups is 1. The van der Waals surface area contributed by atoms with Gasteiger partial charge in [-0.15, -0.1) is 0 Å². The van der Waals surface area contributed by atoms with Crippen LogP contribution in [-0.4, -0.2) is 38.3 Å². The summed E-state index contributed by atoms with van der Waals surface area (Å²) in [6.45, 7) is 6.40. The molecule has 1 saturated carbocycles. The van der Waals surface area contributed by atoms with Crippen LogP contribution < -0.4 is 10.1 Å². The Morgan fingerprint density at radius 3 is 2.52 bits per heavy atom. The van der Waals surface area contributed by atoms with E-state index in [9.17, 15) is 22.4 Å². The number of rotatable bonds is 11. The first-order valence-corrected chi connectivity index (χ1v) is 13.7. The molecule has 2 amide bonds. The van der Waals surface area contributed by atoms with E-state index >= 15 is 0 Å². The second kappa shape index (κ2) is 10.1. The minimum atomic E-state index is -3.27. The number of carbonyl (C=O) groups excluding carboxylic acids is 2. The van der Waals surface area contributed by atoms with E-state index in [0.29, 0.717) is 32.3 Å². The molecule has 6 nitrogen and oxygen atoms in total. The van der Waals surface area contributed by atoms with Crippen LogP contribution in [0.1, 0.15) is 77.7 Å². The first kappa shape index (κ1) is 25.7. The Bertz CT molecular complexity index is 979. The Labute approximate surface area is 196 Å². The number of carbonyl (C=O) groups is 2. The van der Waals surface area contributed by atoms with Crippen LogP contribution in [0.3, 0.4) is 0 Å². The van der Waals surface area contributed by atoms with Gasteiger partial charge in [-0.2, -0.15) is 0 Å². The normalized spacial score (nSPS) is 20.4. The molecule has 1 aromatic rings. The molecule has 1 aliphatic carbocycles. The summed E-state index contributed by atoms with van der Waals surface area (Å²) in [6.07, 6.45) is 5.21. The first-order valence-electron chi connectivity index (χ1n) is 11.9. The van der Waals surface area contributed by atoms with Crippen molar-refractivity contribution in [2.24, 2.45) is 11.3 Å². The van der Waals surface area contributed by atoms with Crippen LogP contribution in [0.5, 0.6) is 5.75 Å². The third-order valence-corrected chi connectivity index (χ3v) is 8.32. The van der Waals surface area contributed by atoms with Gasteiger partial charge in [0.15, 0.2) is 21.4 Å². The molecule has 0 bridgehead atoms. The molecule has 0 spiro atoms. The summed E-state index contributed by atoms with van der Waals surface area (Å²) in [5.74, 6) is -0.652. The minimum Gasteiger partial charge on any atom is -0.490 e. The summed E-state index contributed by atoms with van der Waals surface area (Å²) < 4.78 is 45.5. The monoisotopic (exact) mass is 481 g/mol. The van der Waals surface area contributed by atoms with Crippen molar-refractivity contribution < 1.29 is 27.1 Å².